The van der Waals surface area contributed by atoms with Gasteiger partial charge in [-0.3, -0.25) is 4.98 Å². The van der Waals surface area contributed by atoms with Gasteiger partial charge in [-0.05, 0) is 24.3 Å². The van der Waals surface area contributed by atoms with Crippen molar-refractivity contribution in [2.24, 2.45) is 0 Å². The highest BCUT2D eigenvalue weighted by atomic mass is 16.5. The molecular formula is C19H20N2O4. The Morgan fingerprint density at radius 2 is 1.44 bits per heavy atom. The van der Waals surface area contributed by atoms with Gasteiger partial charge in [0.25, 0.3) is 0 Å². The molecule has 0 fully saturated rings. The third-order valence-electron chi connectivity index (χ3n) is 3.88. The highest BCUT2D eigenvalue weighted by Crippen LogP contribution is 2.39. The number of rotatable bonds is 6. The number of ether oxygens (including phenoxy) is 4. The predicted octanol–water partition coefficient (Wildman–Crippen LogP) is 4.09. The molecule has 0 amide bonds. The summed E-state index contributed by atoms with van der Waals surface area (Å²) in [5, 5.41) is 3.89. The summed E-state index contributed by atoms with van der Waals surface area (Å²) in [5.74, 6) is 3.14. The van der Waals surface area contributed by atoms with Crippen LogP contribution in [0.4, 0.5) is 5.69 Å². The summed E-state index contributed by atoms with van der Waals surface area (Å²) in [7, 11) is 6.66. The molecule has 1 heterocycles. The second-order valence-electron chi connectivity index (χ2n) is 5.25. The van der Waals surface area contributed by atoms with Gasteiger partial charge in [-0.2, -0.15) is 0 Å². The molecule has 130 valence electrons. The largest absolute Gasteiger partial charge is 0.493 e. The van der Waals surface area contributed by atoms with Crippen molar-refractivity contribution in [3.05, 3.63) is 42.6 Å². The van der Waals surface area contributed by atoms with Crippen LogP contribution in [0.5, 0.6) is 28.7 Å². The predicted molar refractivity (Wildman–Crippen MR) is 97.5 cm³/mol. The van der Waals surface area contributed by atoms with E-state index >= 15 is 0 Å². The zero-order valence-corrected chi connectivity index (χ0v) is 14.6. The number of fused-ring (bicyclic) bond motifs is 1. The van der Waals surface area contributed by atoms with Crippen molar-refractivity contribution < 1.29 is 18.9 Å². The average molecular weight is 340 g/mol. The summed E-state index contributed by atoms with van der Waals surface area (Å²) in [6.45, 7) is 0. The Morgan fingerprint density at radius 3 is 2.12 bits per heavy atom. The van der Waals surface area contributed by atoms with Crippen molar-refractivity contribution >= 4 is 16.6 Å². The number of hydrogen-bond acceptors (Lipinski definition) is 6. The maximum Gasteiger partial charge on any atom is 0.169 e. The Kier molecular flexibility index (Phi) is 4.79. The van der Waals surface area contributed by atoms with Crippen LogP contribution in [0.2, 0.25) is 0 Å². The number of methoxy groups -OCH3 is 3. The van der Waals surface area contributed by atoms with Gasteiger partial charge in [0, 0.05) is 36.5 Å². The first-order chi connectivity index (χ1) is 12.2. The van der Waals surface area contributed by atoms with Crippen molar-refractivity contribution in [3.63, 3.8) is 0 Å². The van der Waals surface area contributed by atoms with Gasteiger partial charge >= 0.3 is 0 Å². The van der Waals surface area contributed by atoms with Crippen LogP contribution in [0.25, 0.3) is 10.9 Å². The number of benzene rings is 2. The zero-order valence-electron chi connectivity index (χ0n) is 14.6. The highest BCUT2D eigenvalue weighted by Gasteiger charge is 2.13. The minimum absolute atomic E-state index is 0.615. The van der Waals surface area contributed by atoms with Gasteiger partial charge in [0.2, 0.25) is 0 Å². The van der Waals surface area contributed by atoms with Crippen molar-refractivity contribution in [2.45, 2.75) is 0 Å². The van der Waals surface area contributed by atoms with Gasteiger partial charge in [-0.25, -0.2) is 0 Å². The maximum atomic E-state index is 6.10. The molecule has 0 atom stereocenters. The highest BCUT2D eigenvalue weighted by molar-refractivity contribution is 5.88. The smallest absolute Gasteiger partial charge is 0.169 e. The van der Waals surface area contributed by atoms with E-state index in [2.05, 4.69) is 10.3 Å². The number of hydrogen-bond donors (Lipinski definition) is 1. The van der Waals surface area contributed by atoms with Gasteiger partial charge in [0.15, 0.2) is 23.0 Å². The Hall–Kier alpha value is -3.15. The molecule has 0 spiro atoms. The van der Waals surface area contributed by atoms with Crippen molar-refractivity contribution in [2.75, 3.05) is 33.7 Å². The van der Waals surface area contributed by atoms with E-state index in [1.807, 2.05) is 37.4 Å². The molecule has 0 radical (unpaired) electrons. The number of nitrogens with one attached hydrogen (secondary N) is 1. The zero-order chi connectivity index (χ0) is 17.8. The lowest BCUT2D eigenvalue weighted by Gasteiger charge is -2.14. The number of anilines is 1. The Balaban J connectivity index is 2.07. The van der Waals surface area contributed by atoms with Crippen LogP contribution in [-0.4, -0.2) is 33.4 Å². The molecule has 6 heteroatoms. The fraction of sp³-hybridized carbons (Fsp3) is 0.211. The fourth-order valence-electron chi connectivity index (χ4n) is 2.56. The SMILES string of the molecule is CNc1ccc(Oc2ccnc3cc(OC)c(OC)cc23)c(OC)c1. The second-order valence-corrected chi connectivity index (χ2v) is 5.25. The van der Waals surface area contributed by atoms with Crippen molar-refractivity contribution in [1.29, 1.82) is 0 Å². The number of pyridine rings is 1. The van der Waals surface area contributed by atoms with E-state index in [4.69, 9.17) is 18.9 Å². The first-order valence-electron chi connectivity index (χ1n) is 7.74. The molecule has 0 saturated carbocycles. The van der Waals surface area contributed by atoms with Gasteiger partial charge in [0.05, 0.1) is 26.8 Å². The first kappa shape index (κ1) is 16.7. The van der Waals surface area contributed by atoms with E-state index < -0.39 is 0 Å². The topological polar surface area (TPSA) is 61.8 Å². The lowest BCUT2D eigenvalue weighted by molar-refractivity contribution is 0.355. The molecule has 3 rings (SSSR count). The lowest BCUT2D eigenvalue weighted by Crippen LogP contribution is -1.95. The monoisotopic (exact) mass is 340 g/mol. The lowest BCUT2D eigenvalue weighted by atomic mass is 10.1. The number of nitrogens with zero attached hydrogens (tertiary/aromatic N) is 1. The molecule has 1 aromatic heterocycles. The third kappa shape index (κ3) is 3.24. The molecule has 1 N–H and O–H groups in total. The van der Waals surface area contributed by atoms with Crippen LogP contribution in [-0.2, 0) is 0 Å². The molecule has 25 heavy (non-hydrogen) atoms. The summed E-state index contributed by atoms with van der Waals surface area (Å²) in [4.78, 5) is 4.38. The second kappa shape index (κ2) is 7.17. The molecular weight excluding hydrogens is 320 g/mol. The summed E-state index contributed by atoms with van der Waals surface area (Å²) in [6.07, 6.45) is 1.69. The summed E-state index contributed by atoms with van der Waals surface area (Å²) < 4.78 is 22.2. The number of aromatic nitrogens is 1. The summed E-state index contributed by atoms with van der Waals surface area (Å²) in [5.41, 5.74) is 1.69. The third-order valence-corrected chi connectivity index (χ3v) is 3.88. The van der Waals surface area contributed by atoms with Crippen LogP contribution >= 0.6 is 0 Å². The van der Waals surface area contributed by atoms with Crippen LogP contribution in [0.15, 0.2) is 42.6 Å². The Bertz CT molecular complexity index is 896. The van der Waals surface area contributed by atoms with E-state index in [0.717, 1.165) is 16.6 Å². The standard InChI is InChI=1S/C19H20N2O4/c1-20-12-5-6-16(17(9-12)22-2)25-15-7-8-21-14-11-19(24-4)18(23-3)10-13(14)15/h5-11,20H,1-4H3. The van der Waals surface area contributed by atoms with Crippen LogP contribution in [0, 0.1) is 0 Å². The van der Waals surface area contributed by atoms with Crippen molar-refractivity contribution in [1.82, 2.24) is 4.98 Å². The summed E-state index contributed by atoms with van der Waals surface area (Å²) in [6, 6.07) is 11.1. The van der Waals surface area contributed by atoms with Crippen LogP contribution < -0.4 is 24.3 Å². The molecule has 0 saturated heterocycles. The normalized spacial score (nSPS) is 10.4. The van der Waals surface area contributed by atoms with E-state index in [0.29, 0.717) is 28.7 Å². The molecule has 0 aliphatic heterocycles. The molecule has 0 bridgehead atoms. The van der Waals surface area contributed by atoms with Crippen LogP contribution in [0.1, 0.15) is 0 Å². The summed E-state index contributed by atoms with van der Waals surface area (Å²) >= 11 is 0. The Labute approximate surface area is 146 Å². The van der Waals surface area contributed by atoms with Gasteiger partial charge in [0.1, 0.15) is 5.75 Å². The molecule has 0 unspecified atom stereocenters. The van der Waals surface area contributed by atoms with E-state index in [9.17, 15) is 0 Å². The fourth-order valence-corrected chi connectivity index (χ4v) is 2.56. The van der Waals surface area contributed by atoms with E-state index in [1.54, 1.807) is 33.6 Å². The van der Waals surface area contributed by atoms with Gasteiger partial charge in [-0.15, -0.1) is 0 Å². The van der Waals surface area contributed by atoms with Crippen LogP contribution in [0.3, 0.4) is 0 Å². The first-order valence-corrected chi connectivity index (χ1v) is 7.74. The minimum atomic E-state index is 0.615. The molecule has 6 nitrogen and oxygen atoms in total. The maximum absolute atomic E-state index is 6.10. The van der Waals surface area contributed by atoms with E-state index in [-0.39, 0.29) is 0 Å². The molecule has 0 aliphatic rings. The van der Waals surface area contributed by atoms with Gasteiger partial charge in [-0.1, -0.05) is 0 Å². The quantitative estimate of drug-likeness (QED) is 0.729. The molecule has 2 aromatic carbocycles. The van der Waals surface area contributed by atoms with E-state index in [1.165, 1.54) is 0 Å². The minimum Gasteiger partial charge on any atom is -0.493 e. The van der Waals surface area contributed by atoms with Gasteiger partial charge < -0.3 is 24.3 Å². The van der Waals surface area contributed by atoms with Crippen molar-refractivity contribution in [3.8, 4) is 28.7 Å². The Morgan fingerprint density at radius 1 is 0.760 bits per heavy atom. The average Bonchev–Trinajstić information content (AvgIpc) is 2.67. The molecule has 0 aliphatic carbocycles. The molecule has 3 aromatic rings.